The second-order valence-corrected chi connectivity index (χ2v) is 10.4. The Morgan fingerprint density at radius 3 is 2.36 bits per heavy atom. The standard InChI is InChI=1S/C30H38N6O.C2H7N.2C2H6/c1-2-5-24(6-3-1)7-4-14-33-30-28-9-8-27(21-29(28)34-23-35-30)37-22-25-12-18-36(19-13-25)20-17-32-26-10-15-31-16-11-26;1-3-2;2*1-2/h2,5-6,8-11,15-16,21,23,25H,1,3-4,7,12-14,17-20,22H2,(H,31,32)(H,33,34,35);3H,1-2H3;2*1-2H3. The third kappa shape index (κ3) is 13.4. The van der Waals surface area contributed by atoms with Crippen LogP contribution in [-0.2, 0) is 0 Å². The van der Waals surface area contributed by atoms with Crippen LogP contribution >= 0.6 is 0 Å². The topological polar surface area (TPSA) is 87.2 Å². The lowest BCUT2D eigenvalue weighted by Gasteiger charge is -2.31. The number of likely N-dealkylation sites (tertiary alicyclic amines) is 1. The van der Waals surface area contributed by atoms with Gasteiger partial charge in [0.25, 0.3) is 0 Å². The summed E-state index contributed by atoms with van der Waals surface area (Å²) >= 11 is 0. The molecule has 0 bridgehead atoms. The Morgan fingerprint density at radius 2 is 1.66 bits per heavy atom. The lowest BCUT2D eigenvalue weighted by molar-refractivity contribution is 0.145. The number of anilines is 2. The summed E-state index contributed by atoms with van der Waals surface area (Å²) in [6.45, 7) is 13.9. The van der Waals surface area contributed by atoms with Crippen LogP contribution in [0.25, 0.3) is 10.9 Å². The molecular formula is C36H57N7O. The minimum Gasteiger partial charge on any atom is -0.493 e. The van der Waals surface area contributed by atoms with E-state index in [0.29, 0.717) is 5.92 Å². The number of piperidine rings is 1. The SMILES string of the molecule is C1=CC(CCCNc2ncnc3cc(OCC4CCN(CCNc5ccncc5)CC4)ccc23)=CCC1.CC.CC.CNC. The normalized spacial score (nSPS) is 14.5. The molecule has 0 atom stereocenters. The van der Waals surface area contributed by atoms with E-state index < -0.39 is 0 Å². The lowest BCUT2D eigenvalue weighted by Crippen LogP contribution is -2.38. The maximum atomic E-state index is 6.20. The molecule has 2 aromatic heterocycles. The first-order chi connectivity index (χ1) is 21.7. The smallest absolute Gasteiger partial charge is 0.137 e. The predicted molar refractivity (Wildman–Crippen MR) is 189 cm³/mol. The van der Waals surface area contributed by atoms with E-state index in [0.717, 1.165) is 80.3 Å². The Morgan fingerprint density at radius 1 is 0.909 bits per heavy atom. The minimum absolute atomic E-state index is 0.594. The van der Waals surface area contributed by atoms with Gasteiger partial charge in [-0.1, -0.05) is 51.5 Å². The van der Waals surface area contributed by atoms with E-state index in [-0.39, 0.29) is 0 Å². The molecule has 242 valence electrons. The van der Waals surface area contributed by atoms with E-state index >= 15 is 0 Å². The minimum atomic E-state index is 0.594. The van der Waals surface area contributed by atoms with E-state index in [2.05, 4.69) is 66.2 Å². The average Bonchev–Trinajstić information content (AvgIpc) is 3.09. The van der Waals surface area contributed by atoms with Gasteiger partial charge >= 0.3 is 0 Å². The molecule has 1 fully saturated rings. The summed E-state index contributed by atoms with van der Waals surface area (Å²) in [5.74, 6) is 2.38. The zero-order valence-corrected chi connectivity index (χ0v) is 28.1. The molecule has 1 aliphatic heterocycles. The van der Waals surface area contributed by atoms with Crippen LogP contribution < -0.4 is 20.7 Å². The highest BCUT2D eigenvalue weighted by molar-refractivity contribution is 5.89. The van der Waals surface area contributed by atoms with Gasteiger partial charge in [-0.2, -0.15) is 0 Å². The number of rotatable bonds is 12. The Kier molecular flexibility index (Phi) is 19.2. The van der Waals surface area contributed by atoms with Gasteiger partial charge < -0.3 is 25.6 Å². The first-order valence-electron chi connectivity index (χ1n) is 16.7. The quantitative estimate of drug-likeness (QED) is 0.183. The number of aromatic nitrogens is 3. The highest BCUT2D eigenvalue weighted by Crippen LogP contribution is 2.26. The zero-order chi connectivity index (χ0) is 31.8. The van der Waals surface area contributed by atoms with Crippen molar-refractivity contribution in [2.24, 2.45) is 5.92 Å². The molecule has 0 spiro atoms. The molecule has 3 N–H and O–H groups in total. The summed E-state index contributed by atoms with van der Waals surface area (Å²) in [5.41, 5.74) is 3.50. The van der Waals surface area contributed by atoms with Gasteiger partial charge in [0, 0.05) is 49.2 Å². The number of pyridine rings is 1. The molecule has 0 saturated carbocycles. The average molecular weight is 604 g/mol. The van der Waals surface area contributed by atoms with E-state index in [4.69, 9.17) is 4.74 Å². The maximum Gasteiger partial charge on any atom is 0.137 e. The molecule has 0 amide bonds. The largest absolute Gasteiger partial charge is 0.493 e. The molecule has 5 rings (SSSR count). The van der Waals surface area contributed by atoms with Gasteiger partial charge in [-0.15, -0.1) is 0 Å². The fourth-order valence-electron chi connectivity index (χ4n) is 5.04. The van der Waals surface area contributed by atoms with Gasteiger partial charge in [0.2, 0.25) is 0 Å². The van der Waals surface area contributed by atoms with Crippen LogP contribution in [0, 0.1) is 5.92 Å². The number of benzene rings is 1. The van der Waals surface area contributed by atoms with Crippen LogP contribution in [0.5, 0.6) is 5.75 Å². The highest BCUT2D eigenvalue weighted by atomic mass is 16.5. The third-order valence-electron chi connectivity index (χ3n) is 7.24. The van der Waals surface area contributed by atoms with Crippen molar-refractivity contribution in [3.05, 3.63) is 72.9 Å². The fourth-order valence-corrected chi connectivity index (χ4v) is 5.04. The number of nitrogens with one attached hydrogen (secondary N) is 3. The first-order valence-corrected chi connectivity index (χ1v) is 16.7. The summed E-state index contributed by atoms with van der Waals surface area (Å²) in [6.07, 6.45) is 19.0. The van der Waals surface area contributed by atoms with Crippen molar-refractivity contribution < 1.29 is 4.74 Å². The van der Waals surface area contributed by atoms with Crippen molar-refractivity contribution in [1.82, 2.24) is 25.2 Å². The molecule has 2 aliphatic rings. The molecule has 0 unspecified atom stereocenters. The second kappa shape index (κ2) is 23.0. The van der Waals surface area contributed by atoms with Crippen LogP contribution in [0.15, 0.2) is 72.9 Å². The molecule has 8 nitrogen and oxygen atoms in total. The molecule has 1 saturated heterocycles. The molecular weight excluding hydrogens is 546 g/mol. The van der Waals surface area contributed by atoms with Crippen molar-refractivity contribution >= 4 is 22.4 Å². The predicted octanol–water partition coefficient (Wildman–Crippen LogP) is 7.58. The molecule has 8 heteroatoms. The van der Waals surface area contributed by atoms with Gasteiger partial charge in [0.05, 0.1) is 12.1 Å². The Labute approximate surface area is 266 Å². The summed E-state index contributed by atoms with van der Waals surface area (Å²) in [6, 6.07) is 10.2. The molecule has 0 radical (unpaired) electrons. The van der Waals surface area contributed by atoms with Crippen LogP contribution in [0.3, 0.4) is 0 Å². The number of hydrogen-bond acceptors (Lipinski definition) is 8. The van der Waals surface area contributed by atoms with Crippen molar-refractivity contribution in [3.8, 4) is 5.75 Å². The van der Waals surface area contributed by atoms with E-state index in [9.17, 15) is 0 Å². The van der Waals surface area contributed by atoms with Gasteiger partial charge in [-0.3, -0.25) is 4.98 Å². The maximum absolute atomic E-state index is 6.20. The molecule has 1 aromatic carbocycles. The van der Waals surface area contributed by atoms with Gasteiger partial charge in [-0.05, 0) is 95.9 Å². The van der Waals surface area contributed by atoms with Crippen molar-refractivity contribution in [2.45, 2.75) is 66.2 Å². The molecule has 1 aliphatic carbocycles. The molecule has 44 heavy (non-hydrogen) atoms. The number of nitrogens with zero attached hydrogens (tertiary/aromatic N) is 4. The van der Waals surface area contributed by atoms with E-state index in [1.54, 1.807) is 6.33 Å². The monoisotopic (exact) mass is 603 g/mol. The fraction of sp³-hybridized carbons (Fsp3) is 0.528. The number of ether oxygens (including phenoxy) is 1. The summed E-state index contributed by atoms with van der Waals surface area (Å²) in [4.78, 5) is 15.6. The Hall–Kier alpha value is -3.49. The van der Waals surface area contributed by atoms with E-state index in [1.165, 1.54) is 31.3 Å². The lowest BCUT2D eigenvalue weighted by atomic mass is 9.98. The van der Waals surface area contributed by atoms with Crippen molar-refractivity contribution in [2.75, 3.05) is 64.1 Å². The zero-order valence-electron chi connectivity index (χ0n) is 28.1. The van der Waals surface area contributed by atoms with Crippen LogP contribution in [0.1, 0.15) is 66.2 Å². The molecule has 3 aromatic rings. The van der Waals surface area contributed by atoms with Crippen LogP contribution in [0.2, 0.25) is 0 Å². The highest BCUT2D eigenvalue weighted by Gasteiger charge is 2.19. The number of allylic oxidation sites excluding steroid dienone is 4. The third-order valence-corrected chi connectivity index (χ3v) is 7.24. The van der Waals surface area contributed by atoms with Gasteiger partial charge in [0.1, 0.15) is 17.9 Å². The Balaban J connectivity index is 0.000000893. The second-order valence-electron chi connectivity index (χ2n) is 10.4. The van der Waals surface area contributed by atoms with Gasteiger partial charge in [-0.25, -0.2) is 9.97 Å². The van der Waals surface area contributed by atoms with Crippen LogP contribution in [-0.4, -0.2) is 73.3 Å². The summed E-state index contributed by atoms with van der Waals surface area (Å²) < 4.78 is 6.20. The van der Waals surface area contributed by atoms with E-state index in [1.807, 2.05) is 72.4 Å². The van der Waals surface area contributed by atoms with Crippen molar-refractivity contribution in [1.29, 1.82) is 0 Å². The van der Waals surface area contributed by atoms with Gasteiger partial charge in [0.15, 0.2) is 0 Å². The van der Waals surface area contributed by atoms with Crippen molar-refractivity contribution in [3.63, 3.8) is 0 Å². The number of hydrogen-bond donors (Lipinski definition) is 3. The molecule has 3 heterocycles. The first kappa shape index (κ1) is 36.7. The Bertz CT molecular complexity index is 1210. The summed E-state index contributed by atoms with van der Waals surface area (Å²) in [7, 11) is 3.75. The van der Waals surface area contributed by atoms with Crippen LogP contribution in [0.4, 0.5) is 11.5 Å². The number of fused-ring (bicyclic) bond motifs is 1. The summed E-state index contributed by atoms with van der Waals surface area (Å²) in [5, 5.41) is 10.8.